The van der Waals surface area contributed by atoms with Crippen LogP contribution < -0.4 is 5.32 Å². The number of urea groups is 1. The molecular formula is C17H24N4O3. The van der Waals surface area contributed by atoms with Crippen LogP contribution in [-0.4, -0.2) is 39.3 Å². The van der Waals surface area contributed by atoms with E-state index < -0.39 is 0 Å². The number of hydrogen-bond donors (Lipinski definition) is 2. The summed E-state index contributed by atoms with van der Waals surface area (Å²) in [5.41, 5.74) is 1.06. The van der Waals surface area contributed by atoms with E-state index in [1.54, 1.807) is 31.0 Å². The molecule has 0 saturated heterocycles. The maximum atomic E-state index is 12.5. The maximum absolute atomic E-state index is 12.5. The fourth-order valence-corrected chi connectivity index (χ4v) is 2.37. The van der Waals surface area contributed by atoms with E-state index in [9.17, 15) is 9.90 Å². The normalized spacial score (nSPS) is 13.3. The van der Waals surface area contributed by atoms with E-state index >= 15 is 0 Å². The molecule has 0 unspecified atom stereocenters. The van der Waals surface area contributed by atoms with Crippen LogP contribution >= 0.6 is 0 Å². The van der Waals surface area contributed by atoms with Crippen molar-refractivity contribution in [2.75, 3.05) is 7.05 Å². The second kappa shape index (κ2) is 7.81. The lowest BCUT2D eigenvalue weighted by Crippen LogP contribution is -2.44. The molecule has 0 saturated carbocycles. The number of carbonyl (C=O) groups is 1. The molecule has 1 aromatic heterocycles. The van der Waals surface area contributed by atoms with Crippen molar-refractivity contribution in [2.45, 2.75) is 45.7 Å². The highest BCUT2D eigenvalue weighted by molar-refractivity contribution is 5.74. The molecule has 7 nitrogen and oxygen atoms in total. The molecule has 2 rings (SSSR count). The van der Waals surface area contributed by atoms with Crippen molar-refractivity contribution in [2.24, 2.45) is 0 Å². The molecule has 24 heavy (non-hydrogen) atoms. The molecule has 1 heterocycles. The standard InChI is InChI=1S/C17H24N4O3/c1-5-15(16-18-12(3)24-20-16)19-17(23)21(4)11(2)10-13-6-8-14(22)9-7-13/h6-9,11,15,22H,5,10H2,1-4H3,(H,19,23)/t11-,15-/m0/s1. The van der Waals surface area contributed by atoms with E-state index in [1.165, 1.54) is 0 Å². The van der Waals surface area contributed by atoms with E-state index in [2.05, 4.69) is 15.5 Å². The second-order valence-electron chi connectivity index (χ2n) is 5.91. The topological polar surface area (TPSA) is 91.5 Å². The number of carbonyl (C=O) groups excluding carboxylic acids is 1. The van der Waals surface area contributed by atoms with Gasteiger partial charge in [0.1, 0.15) is 5.75 Å². The molecule has 2 atom stereocenters. The maximum Gasteiger partial charge on any atom is 0.317 e. The van der Waals surface area contributed by atoms with Crippen LogP contribution in [0.25, 0.3) is 0 Å². The zero-order valence-corrected chi connectivity index (χ0v) is 14.5. The average Bonchev–Trinajstić information content (AvgIpc) is 3.00. The summed E-state index contributed by atoms with van der Waals surface area (Å²) in [6.07, 6.45) is 1.37. The molecule has 7 heteroatoms. The van der Waals surface area contributed by atoms with Gasteiger partial charge in [0.2, 0.25) is 5.89 Å². The van der Waals surface area contributed by atoms with Gasteiger partial charge in [0.25, 0.3) is 0 Å². The summed E-state index contributed by atoms with van der Waals surface area (Å²) in [7, 11) is 1.76. The molecule has 0 spiro atoms. The Morgan fingerprint density at radius 2 is 2.04 bits per heavy atom. The third-order valence-electron chi connectivity index (χ3n) is 4.01. The third-order valence-corrected chi connectivity index (χ3v) is 4.01. The van der Waals surface area contributed by atoms with Gasteiger partial charge in [0.05, 0.1) is 6.04 Å². The molecule has 0 radical (unpaired) electrons. The lowest BCUT2D eigenvalue weighted by molar-refractivity contribution is 0.188. The van der Waals surface area contributed by atoms with Crippen LogP contribution in [0, 0.1) is 6.92 Å². The minimum atomic E-state index is -0.279. The van der Waals surface area contributed by atoms with Crippen LogP contribution in [0.3, 0.4) is 0 Å². The lowest BCUT2D eigenvalue weighted by atomic mass is 10.1. The number of nitrogens with zero attached hydrogens (tertiary/aromatic N) is 3. The van der Waals surface area contributed by atoms with E-state index in [0.29, 0.717) is 24.6 Å². The van der Waals surface area contributed by atoms with Gasteiger partial charge in [-0.3, -0.25) is 0 Å². The fraction of sp³-hybridized carbons (Fsp3) is 0.471. The largest absolute Gasteiger partial charge is 0.508 e. The lowest BCUT2D eigenvalue weighted by Gasteiger charge is -2.27. The van der Waals surface area contributed by atoms with Crippen LogP contribution in [0.1, 0.15) is 43.6 Å². The van der Waals surface area contributed by atoms with Crippen LogP contribution in [0.4, 0.5) is 4.79 Å². The van der Waals surface area contributed by atoms with Crippen molar-refractivity contribution >= 4 is 6.03 Å². The van der Waals surface area contributed by atoms with Gasteiger partial charge in [-0.15, -0.1) is 0 Å². The van der Waals surface area contributed by atoms with Crippen molar-refractivity contribution in [1.29, 1.82) is 0 Å². The van der Waals surface area contributed by atoms with Crippen molar-refractivity contribution in [3.63, 3.8) is 0 Å². The first-order chi connectivity index (χ1) is 11.4. The Kier molecular flexibility index (Phi) is 5.78. The predicted molar refractivity (Wildman–Crippen MR) is 89.6 cm³/mol. The Hall–Kier alpha value is -2.57. The second-order valence-corrected chi connectivity index (χ2v) is 5.91. The van der Waals surface area contributed by atoms with Crippen molar-refractivity contribution in [1.82, 2.24) is 20.4 Å². The highest BCUT2D eigenvalue weighted by atomic mass is 16.5. The number of aryl methyl sites for hydroxylation is 1. The molecule has 2 N–H and O–H groups in total. The third kappa shape index (κ3) is 4.47. The van der Waals surface area contributed by atoms with E-state index in [0.717, 1.165) is 5.56 Å². The van der Waals surface area contributed by atoms with E-state index in [4.69, 9.17) is 4.52 Å². The molecule has 2 amide bonds. The number of aromatic nitrogens is 2. The van der Waals surface area contributed by atoms with E-state index in [1.807, 2.05) is 26.0 Å². The zero-order chi connectivity index (χ0) is 17.7. The molecule has 1 aromatic carbocycles. The van der Waals surface area contributed by atoms with Crippen LogP contribution in [0.15, 0.2) is 28.8 Å². The fourth-order valence-electron chi connectivity index (χ4n) is 2.37. The van der Waals surface area contributed by atoms with E-state index in [-0.39, 0.29) is 23.9 Å². The monoisotopic (exact) mass is 332 g/mol. The number of aromatic hydroxyl groups is 1. The first-order valence-corrected chi connectivity index (χ1v) is 8.02. The Labute approximate surface area is 141 Å². The Morgan fingerprint density at radius 3 is 2.58 bits per heavy atom. The highest BCUT2D eigenvalue weighted by Gasteiger charge is 2.22. The van der Waals surface area contributed by atoms with Crippen LogP contribution in [-0.2, 0) is 6.42 Å². The summed E-state index contributed by atoms with van der Waals surface area (Å²) < 4.78 is 4.98. The Bertz CT molecular complexity index is 669. The Balaban J connectivity index is 1.95. The number of phenols is 1. The first-order valence-electron chi connectivity index (χ1n) is 8.02. The molecule has 0 bridgehead atoms. The van der Waals surface area contributed by atoms with Crippen molar-refractivity contribution in [3.8, 4) is 5.75 Å². The summed E-state index contributed by atoms with van der Waals surface area (Å²) >= 11 is 0. The molecule has 0 aliphatic heterocycles. The van der Waals surface area contributed by atoms with Gasteiger partial charge >= 0.3 is 6.03 Å². The average molecular weight is 332 g/mol. The number of rotatable bonds is 6. The van der Waals surface area contributed by atoms with Crippen molar-refractivity contribution < 1.29 is 14.4 Å². The van der Waals surface area contributed by atoms with Gasteiger partial charge in [-0.05, 0) is 37.5 Å². The number of phenolic OH excluding ortho intramolecular Hbond substituents is 1. The number of amides is 2. The molecule has 0 aliphatic carbocycles. The van der Waals surface area contributed by atoms with Gasteiger partial charge < -0.3 is 19.8 Å². The number of likely N-dealkylation sites (N-methyl/N-ethyl adjacent to an activating group) is 1. The summed E-state index contributed by atoms with van der Waals surface area (Å²) in [5, 5.41) is 16.1. The number of nitrogens with one attached hydrogen (secondary N) is 1. The molecule has 0 fully saturated rings. The van der Waals surface area contributed by atoms with Crippen LogP contribution in [0.2, 0.25) is 0 Å². The minimum absolute atomic E-state index is 0.000877. The van der Waals surface area contributed by atoms with Gasteiger partial charge in [-0.25, -0.2) is 4.79 Å². The summed E-state index contributed by atoms with van der Waals surface area (Å²) in [5.74, 6) is 1.20. The van der Waals surface area contributed by atoms with Crippen LogP contribution in [0.5, 0.6) is 5.75 Å². The molecule has 2 aromatic rings. The zero-order valence-electron chi connectivity index (χ0n) is 14.5. The first kappa shape index (κ1) is 17.8. The number of benzene rings is 1. The smallest absolute Gasteiger partial charge is 0.317 e. The molecular weight excluding hydrogens is 308 g/mol. The quantitative estimate of drug-likeness (QED) is 0.848. The Morgan fingerprint density at radius 1 is 1.38 bits per heavy atom. The van der Waals surface area contributed by atoms with Crippen molar-refractivity contribution in [3.05, 3.63) is 41.5 Å². The molecule has 130 valence electrons. The number of hydrogen-bond acceptors (Lipinski definition) is 5. The van der Waals surface area contributed by atoms with Gasteiger partial charge in [0, 0.05) is 20.0 Å². The highest BCUT2D eigenvalue weighted by Crippen LogP contribution is 2.16. The van der Waals surface area contributed by atoms with Gasteiger partial charge in [-0.2, -0.15) is 4.98 Å². The van der Waals surface area contributed by atoms with Gasteiger partial charge in [0.15, 0.2) is 5.82 Å². The SMILES string of the molecule is CC[C@H](NC(=O)N(C)[C@@H](C)Cc1ccc(O)cc1)c1noc(C)n1. The minimum Gasteiger partial charge on any atom is -0.508 e. The summed E-state index contributed by atoms with van der Waals surface area (Å²) in [6, 6.07) is 6.54. The summed E-state index contributed by atoms with van der Waals surface area (Å²) in [6.45, 7) is 5.65. The predicted octanol–water partition coefficient (Wildman–Crippen LogP) is 2.81. The van der Waals surface area contributed by atoms with Gasteiger partial charge in [-0.1, -0.05) is 24.2 Å². The molecule has 0 aliphatic rings. The summed E-state index contributed by atoms with van der Waals surface area (Å²) in [4.78, 5) is 18.3.